The molecule has 2 unspecified atom stereocenters. The molecule has 0 amide bonds. The molecule has 0 fully saturated rings. The van der Waals surface area contributed by atoms with Crippen LogP contribution in [-0.4, -0.2) is 33.5 Å². The topological polar surface area (TPSA) is 72.5 Å². The van der Waals surface area contributed by atoms with Gasteiger partial charge in [-0.05, 0) is 6.07 Å². The predicted octanol–water partition coefficient (Wildman–Crippen LogP) is 0.654. The van der Waals surface area contributed by atoms with Crippen LogP contribution in [0.2, 0.25) is 0 Å². The lowest BCUT2D eigenvalue weighted by Gasteiger charge is -2.13. The van der Waals surface area contributed by atoms with Crippen molar-refractivity contribution < 1.29 is 14.1 Å². The number of aliphatic hydroxyl groups is 1. The first-order valence-corrected chi connectivity index (χ1v) is 7.10. The quantitative estimate of drug-likeness (QED) is 0.752. The van der Waals surface area contributed by atoms with E-state index in [-0.39, 0.29) is 12.4 Å². The van der Waals surface area contributed by atoms with Gasteiger partial charge in [-0.15, -0.1) is 0 Å². The summed E-state index contributed by atoms with van der Waals surface area (Å²) in [6.45, 7) is 2.36. The van der Waals surface area contributed by atoms with E-state index >= 15 is 0 Å². The summed E-state index contributed by atoms with van der Waals surface area (Å²) in [7, 11) is -0.977. The summed E-state index contributed by atoms with van der Waals surface area (Å²) in [4.78, 5) is 0. The molecular formula is C12H19NO3S. The van der Waals surface area contributed by atoms with Crippen LogP contribution >= 0.6 is 0 Å². The van der Waals surface area contributed by atoms with Crippen molar-refractivity contribution in [2.24, 2.45) is 5.73 Å². The molecule has 3 N–H and O–H groups in total. The fourth-order valence-electron chi connectivity index (χ4n) is 1.38. The molecule has 0 saturated carbocycles. The van der Waals surface area contributed by atoms with Crippen LogP contribution in [0.15, 0.2) is 24.3 Å². The molecule has 17 heavy (non-hydrogen) atoms. The van der Waals surface area contributed by atoms with Crippen LogP contribution in [-0.2, 0) is 17.3 Å². The van der Waals surface area contributed by atoms with E-state index in [0.717, 1.165) is 5.56 Å². The Balaban J connectivity index is 2.47. The van der Waals surface area contributed by atoms with E-state index in [0.29, 0.717) is 18.0 Å². The highest BCUT2D eigenvalue weighted by Gasteiger charge is 2.10. The molecule has 2 atom stereocenters. The van der Waals surface area contributed by atoms with Crippen LogP contribution in [0.25, 0.3) is 0 Å². The van der Waals surface area contributed by atoms with Crippen LogP contribution in [0.5, 0.6) is 5.75 Å². The minimum atomic E-state index is -0.977. The number of aliphatic hydroxyl groups excluding tert-OH is 1. The molecule has 0 bridgehead atoms. The smallest absolute Gasteiger partial charge is 0.123 e. The maximum Gasteiger partial charge on any atom is 0.123 e. The van der Waals surface area contributed by atoms with Crippen LogP contribution in [0.4, 0.5) is 0 Å². The van der Waals surface area contributed by atoms with E-state index in [1.807, 2.05) is 31.2 Å². The molecule has 0 radical (unpaired) electrons. The SMILES string of the molecule is CCS(=O)CC(O)COc1ccccc1CN. The van der Waals surface area contributed by atoms with Gasteiger partial charge in [0.2, 0.25) is 0 Å². The molecule has 1 aromatic rings. The lowest BCUT2D eigenvalue weighted by atomic mass is 10.2. The Morgan fingerprint density at radius 2 is 2.18 bits per heavy atom. The molecule has 0 aliphatic heterocycles. The van der Waals surface area contributed by atoms with Crippen LogP contribution < -0.4 is 10.5 Å². The van der Waals surface area contributed by atoms with Crippen molar-refractivity contribution in [3.63, 3.8) is 0 Å². The summed E-state index contributed by atoms with van der Waals surface area (Å²) in [6.07, 6.45) is -0.707. The fourth-order valence-corrected chi connectivity index (χ4v) is 2.14. The first kappa shape index (κ1) is 14.2. The van der Waals surface area contributed by atoms with Gasteiger partial charge in [-0.3, -0.25) is 4.21 Å². The number of nitrogens with two attached hydrogens (primary N) is 1. The molecule has 0 saturated heterocycles. The highest BCUT2D eigenvalue weighted by Crippen LogP contribution is 2.17. The third-order valence-electron chi connectivity index (χ3n) is 2.32. The maximum atomic E-state index is 11.2. The van der Waals surface area contributed by atoms with Gasteiger partial charge in [0.15, 0.2) is 0 Å². The minimum absolute atomic E-state index is 0.142. The second-order valence-corrected chi connectivity index (χ2v) is 5.46. The maximum absolute atomic E-state index is 11.2. The summed E-state index contributed by atoms with van der Waals surface area (Å²) in [5.41, 5.74) is 6.47. The van der Waals surface area contributed by atoms with Gasteiger partial charge in [0.05, 0.1) is 11.9 Å². The van der Waals surface area contributed by atoms with Crippen LogP contribution in [0.1, 0.15) is 12.5 Å². The van der Waals surface area contributed by atoms with Crippen molar-refractivity contribution in [2.75, 3.05) is 18.1 Å². The standard InChI is InChI=1S/C12H19NO3S/c1-2-17(15)9-11(14)8-16-12-6-4-3-5-10(12)7-13/h3-6,11,14H,2,7-9,13H2,1H3. The number of hydrogen-bond acceptors (Lipinski definition) is 4. The number of rotatable bonds is 7. The highest BCUT2D eigenvalue weighted by molar-refractivity contribution is 7.84. The third kappa shape index (κ3) is 4.85. The second kappa shape index (κ2) is 7.42. The van der Waals surface area contributed by atoms with E-state index in [4.69, 9.17) is 10.5 Å². The average molecular weight is 257 g/mol. The van der Waals surface area contributed by atoms with Gasteiger partial charge in [-0.1, -0.05) is 25.1 Å². The second-order valence-electron chi connectivity index (χ2n) is 3.67. The minimum Gasteiger partial charge on any atom is -0.491 e. The predicted molar refractivity (Wildman–Crippen MR) is 69.4 cm³/mol. The Hall–Kier alpha value is -0.910. The van der Waals surface area contributed by atoms with Crippen molar-refractivity contribution >= 4 is 10.8 Å². The van der Waals surface area contributed by atoms with Crippen molar-refractivity contribution in [1.82, 2.24) is 0 Å². The summed E-state index contributed by atoms with van der Waals surface area (Å²) >= 11 is 0. The van der Waals surface area contributed by atoms with Crippen LogP contribution in [0, 0.1) is 0 Å². The first-order valence-electron chi connectivity index (χ1n) is 5.61. The van der Waals surface area contributed by atoms with Crippen molar-refractivity contribution in [1.29, 1.82) is 0 Å². The number of benzene rings is 1. The van der Waals surface area contributed by atoms with E-state index < -0.39 is 16.9 Å². The van der Waals surface area contributed by atoms with E-state index in [1.165, 1.54) is 0 Å². The van der Waals surface area contributed by atoms with Gasteiger partial charge in [-0.2, -0.15) is 0 Å². The fraction of sp³-hybridized carbons (Fsp3) is 0.500. The summed E-state index contributed by atoms with van der Waals surface area (Å²) in [5, 5.41) is 9.63. The van der Waals surface area contributed by atoms with E-state index in [9.17, 15) is 9.32 Å². The number of ether oxygens (including phenoxy) is 1. The van der Waals surface area contributed by atoms with E-state index in [2.05, 4.69) is 0 Å². The molecule has 96 valence electrons. The molecule has 1 aromatic carbocycles. The first-order chi connectivity index (χ1) is 8.17. The summed E-state index contributed by atoms with van der Waals surface area (Å²) in [5.74, 6) is 1.48. The number of hydrogen-bond donors (Lipinski definition) is 2. The molecule has 1 rings (SSSR count). The van der Waals surface area contributed by atoms with Gasteiger partial charge < -0.3 is 15.6 Å². The Labute approximate surface area is 104 Å². The summed E-state index contributed by atoms with van der Waals surface area (Å²) < 4.78 is 16.7. The van der Waals surface area contributed by atoms with Crippen molar-refractivity contribution in [3.05, 3.63) is 29.8 Å². The summed E-state index contributed by atoms with van der Waals surface area (Å²) in [6, 6.07) is 7.43. The molecule has 4 nitrogen and oxygen atoms in total. The molecule has 0 aliphatic rings. The monoisotopic (exact) mass is 257 g/mol. The van der Waals surface area contributed by atoms with Gasteiger partial charge in [-0.25, -0.2) is 0 Å². The Morgan fingerprint density at radius 1 is 1.47 bits per heavy atom. The zero-order chi connectivity index (χ0) is 12.7. The lowest BCUT2D eigenvalue weighted by Crippen LogP contribution is -2.25. The number of para-hydroxylation sites is 1. The van der Waals surface area contributed by atoms with Crippen LogP contribution in [0.3, 0.4) is 0 Å². The zero-order valence-electron chi connectivity index (χ0n) is 9.96. The van der Waals surface area contributed by atoms with E-state index in [1.54, 1.807) is 0 Å². The zero-order valence-corrected chi connectivity index (χ0v) is 10.8. The molecular weight excluding hydrogens is 238 g/mol. The molecule has 0 spiro atoms. The molecule has 5 heteroatoms. The van der Waals surface area contributed by atoms with Gasteiger partial charge in [0.1, 0.15) is 12.4 Å². The van der Waals surface area contributed by atoms with Gasteiger partial charge >= 0.3 is 0 Å². The normalized spacial score (nSPS) is 14.3. The van der Waals surface area contributed by atoms with Gasteiger partial charge in [0.25, 0.3) is 0 Å². The van der Waals surface area contributed by atoms with Crippen molar-refractivity contribution in [3.8, 4) is 5.75 Å². The van der Waals surface area contributed by atoms with Crippen molar-refractivity contribution in [2.45, 2.75) is 19.6 Å². The molecule has 0 aromatic heterocycles. The Morgan fingerprint density at radius 3 is 2.82 bits per heavy atom. The lowest BCUT2D eigenvalue weighted by molar-refractivity contribution is 0.125. The highest BCUT2D eigenvalue weighted by atomic mass is 32.2. The van der Waals surface area contributed by atoms with Gasteiger partial charge in [0, 0.05) is 28.7 Å². The third-order valence-corrected chi connectivity index (χ3v) is 3.72. The Kier molecular flexibility index (Phi) is 6.18. The molecule has 0 aliphatic carbocycles. The largest absolute Gasteiger partial charge is 0.491 e. The average Bonchev–Trinajstić information content (AvgIpc) is 2.36. The molecule has 0 heterocycles. The Bertz CT molecular complexity index is 371.